The van der Waals surface area contributed by atoms with Gasteiger partial charge in [0.1, 0.15) is 0 Å². The van der Waals surface area contributed by atoms with Crippen molar-refractivity contribution in [2.75, 3.05) is 18.4 Å². The van der Waals surface area contributed by atoms with Crippen LogP contribution in [-0.4, -0.2) is 29.4 Å². The highest BCUT2D eigenvalue weighted by Gasteiger charge is 2.45. The van der Waals surface area contributed by atoms with Gasteiger partial charge >= 0.3 is 0 Å². The number of rotatable bonds is 3. The molecule has 1 amide bonds. The normalized spacial score (nSPS) is 19.6. The van der Waals surface area contributed by atoms with Crippen LogP contribution in [0.2, 0.25) is 0 Å². The molecule has 122 valence electrons. The summed E-state index contributed by atoms with van der Waals surface area (Å²) in [5, 5.41) is 3.17. The number of nitrogens with one attached hydrogen (secondary N) is 1. The molecule has 2 aliphatic heterocycles. The Labute approximate surface area is 139 Å². The lowest BCUT2D eigenvalue weighted by atomic mass is 9.90. The summed E-state index contributed by atoms with van der Waals surface area (Å²) >= 11 is 0. The number of hydrogen-bond donors (Lipinski definition) is 1. The Morgan fingerprint density at radius 1 is 1.14 bits per heavy atom. The molecule has 2 aliphatic rings. The van der Waals surface area contributed by atoms with Crippen molar-refractivity contribution in [1.82, 2.24) is 4.90 Å². The van der Waals surface area contributed by atoms with Gasteiger partial charge in [-0.25, -0.2) is 0 Å². The summed E-state index contributed by atoms with van der Waals surface area (Å²) in [4.78, 5) is 15.1. The fraction of sp³-hybridized carbons (Fsp3) is 0.611. The number of hydrogen-bond acceptors (Lipinski definition) is 2. The highest BCUT2D eigenvalue weighted by atomic mass is 35.5. The van der Waals surface area contributed by atoms with Gasteiger partial charge in [0.15, 0.2) is 0 Å². The number of aryl methyl sites for hydroxylation is 3. The largest absolute Gasteiger partial charge is 0.326 e. The average Bonchev–Trinajstić information content (AvgIpc) is 2.92. The highest BCUT2D eigenvalue weighted by Crippen LogP contribution is 2.41. The van der Waals surface area contributed by atoms with Crippen LogP contribution in [0, 0.1) is 20.8 Å². The van der Waals surface area contributed by atoms with Crippen molar-refractivity contribution in [2.45, 2.75) is 58.4 Å². The quantitative estimate of drug-likeness (QED) is 0.912. The third-order valence-corrected chi connectivity index (χ3v) is 5.24. The van der Waals surface area contributed by atoms with Gasteiger partial charge < -0.3 is 5.32 Å². The molecule has 2 heterocycles. The molecule has 2 fully saturated rings. The molecule has 1 aromatic rings. The maximum atomic E-state index is 12.6. The molecule has 2 saturated heterocycles. The van der Waals surface area contributed by atoms with E-state index in [1.54, 1.807) is 0 Å². The standard InChI is InChI=1S/C18H26N2O.ClH/c1-13-10-14(2)17(15(3)11-13)19-16(21)12-18-6-4-8-20(18)9-5-7-18;/h10-11H,4-9,12H2,1-3H3,(H,19,21);1H. The van der Waals surface area contributed by atoms with E-state index in [0.717, 1.165) is 16.8 Å². The van der Waals surface area contributed by atoms with Gasteiger partial charge in [-0.3, -0.25) is 9.69 Å². The van der Waals surface area contributed by atoms with Gasteiger partial charge in [0.2, 0.25) is 5.91 Å². The predicted molar refractivity (Wildman–Crippen MR) is 93.9 cm³/mol. The molecule has 0 saturated carbocycles. The third kappa shape index (κ3) is 3.16. The summed E-state index contributed by atoms with van der Waals surface area (Å²) in [5.41, 5.74) is 4.74. The first-order valence-electron chi connectivity index (χ1n) is 8.13. The first kappa shape index (κ1) is 17.3. The summed E-state index contributed by atoms with van der Waals surface area (Å²) in [6, 6.07) is 4.27. The zero-order valence-electron chi connectivity index (χ0n) is 13.9. The molecule has 0 spiro atoms. The fourth-order valence-corrected chi connectivity index (χ4v) is 4.37. The molecule has 0 aromatic heterocycles. The summed E-state index contributed by atoms with van der Waals surface area (Å²) in [6.45, 7) is 8.60. The second kappa shape index (κ2) is 6.59. The van der Waals surface area contributed by atoms with Crippen LogP contribution in [0.1, 0.15) is 48.8 Å². The highest BCUT2D eigenvalue weighted by molar-refractivity contribution is 5.93. The number of halogens is 1. The molecule has 22 heavy (non-hydrogen) atoms. The van der Waals surface area contributed by atoms with Gasteiger partial charge in [-0.1, -0.05) is 17.7 Å². The van der Waals surface area contributed by atoms with Crippen molar-refractivity contribution in [2.24, 2.45) is 0 Å². The molecule has 0 atom stereocenters. The van der Waals surface area contributed by atoms with E-state index in [0.29, 0.717) is 6.42 Å². The Kier molecular flexibility index (Phi) is 5.18. The van der Waals surface area contributed by atoms with Crippen LogP contribution in [0.25, 0.3) is 0 Å². The van der Waals surface area contributed by atoms with E-state index >= 15 is 0 Å². The average molecular weight is 323 g/mol. The number of carbonyl (C=O) groups excluding carboxylic acids is 1. The third-order valence-electron chi connectivity index (χ3n) is 5.24. The number of amides is 1. The van der Waals surface area contributed by atoms with Gasteiger partial charge in [-0.15, -0.1) is 12.4 Å². The zero-order chi connectivity index (χ0) is 15.0. The molecule has 0 aliphatic carbocycles. The minimum absolute atomic E-state index is 0. The Morgan fingerprint density at radius 3 is 2.23 bits per heavy atom. The van der Waals surface area contributed by atoms with Crippen LogP contribution in [-0.2, 0) is 4.79 Å². The SMILES string of the molecule is Cc1cc(C)c(NC(=O)CC23CCCN2CCC3)c(C)c1.Cl. The first-order chi connectivity index (χ1) is 10.00. The molecular weight excluding hydrogens is 296 g/mol. The Bertz CT molecular complexity index is 537. The minimum Gasteiger partial charge on any atom is -0.326 e. The van der Waals surface area contributed by atoms with E-state index < -0.39 is 0 Å². The molecule has 0 unspecified atom stereocenters. The molecular formula is C18H27ClN2O. The van der Waals surface area contributed by atoms with Crippen molar-refractivity contribution in [3.63, 3.8) is 0 Å². The molecule has 0 radical (unpaired) electrons. The fourth-order valence-electron chi connectivity index (χ4n) is 4.37. The molecule has 4 heteroatoms. The second-order valence-corrected chi connectivity index (χ2v) is 6.92. The summed E-state index contributed by atoms with van der Waals surface area (Å²) in [7, 11) is 0. The van der Waals surface area contributed by atoms with E-state index in [-0.39, 0.29) is 23.9 Å². The number of nitrogens with zero attached hydrogens (tertiary/aromatic N) is 1. The van der Waals surface area contributed by atoms with Crippen LogP contribution in [0.5, 0.6) is 0 Å². The van der Waals surface area contributed by atoms with Crippen molar-refractivity contribution in [1.29, 1.82) is 0 Å². The van der Waals surface area contributed by atoms with Gasteiger partial charge in [0.05, 0.1) is 0 Å². The van der Waals surface area contributed by atoms with Crippen LogP contribution in [0.3, 0.4) is 0 Å². The van der Waals surface area contributed by atoms with Crippen LogP contribution in [0.4, 0.5) is 5.69 Å². The number of benzene rings is 1. The lowest BCUT2D eigenvalue weighted by Gasteiger charge is -2.31. The predicted octanol–water partition coefficient (Wildman–Crippen LogP) is 3.99. The molecule has 3 nitrogen and oxygen atoms in total. The van der Waals surface area contributed by atoms with Crippen LogP contribution in [0.15, 0.2) is 12.1 Å². The monoisotopic (exact) mass is 322 g/mol. The van der Waals surface area contributed by atoms with Crippen LogP contribution < -0.4 is 5.32 Å². The lowest BCUT2D eigenvalue weighted by molar-refractivity contribution is -0.118. The molecule has 1 N–H and O–H groups in total. The Hall–Kier alpha value is -1.06. The van der Waals surface area contributed by atoms with Gasteiger partial charge in [-0.2, -0.15) is 0 Å². The van der Waals surface area contributed by atoms with Gasteiger partial charge in [0.25, 0.3) is 0 Å². The molecule has 0 bridgehead atoms. The van der Waals surface area contributed by atoms with Crippen molar-refractivity contribution in [3.05, 3.63) is 28.8 Å². The van der Waals surface area contributed by atoms with Crippen molar-refractivity contribution in [3.8, 4) is 0 Å². The second-order valence-electron chi connectivity index (χ2n) is 6.92. The van der Waals surface area contributed by atoms with E-state index in [9.17, 15) is 4.79 Å². The van der Waals surface area contributed by atoms with E-state index in [1.807, 2.05) is 0 Å². The summed E-state index contributed by atoms with van der Waals surface area (Å²) in [6.07, 6.45) is 5.52. The number of anilines is 1. The van der Waals surface area contributed by atoms with E-state index in [2.05, 4.69) is 43.1 Å². The first-order valence-corrected chi connectivity index (χ1v) is 8.13. The van der Waals surface area contributed by atoms with Crippen LogP contribution >= 0.6 is 12.4 Å². The van der Waals surface area contributed by atoms with Crippen molar-refractivity contribution < 1.29 is 4.79 Å². The van der Waals surface area contributed by atoms with E-state index in [4.69, 9.17) is 0 Å². The zero-order valence-corrected chi connectivity index (χ0v) is 14.7. The Morgan fingerprint density at radius 2 is 1.68 bits per heavy atom. The maximum absolute atomic E-state index is 12.6. The van der Waals surface area contributed by atoms with Gasteiger partial charge in [-0.05, 0) is 70.7 Å². The smallest absolute Gasteiger partial charge is 0.226 e. The summed E-state index contributed by atoms with van der Waals surface area (Å²) in [5.74, 6) is 0.179. The van der Waals surface area contributed by atoms with Crippen molar-refractivity contribution >= 4 is 24.0 Å². The van der Waals surface area contributed by atoms with E-state index in [1.165, 1.54) is 44.3 Å². The minimum atomic E-state index is 0. The summed E-state index contributed by atoms with van der Waals surface area (Å²) < 4.78 is 0. The Balaban J connectivity index is 0.00000176. The number of fused-ring (bicyclic) bond motifs is 1. The molecule has 1 aromatic carbocycles. The maximum Gasteiger partial charge on any atom is 0.226 e. The number of carbonyl (C=O) groups is 1. The van der Waals surface area contributed by atoms with Gasteiger partial charge in [0, 0.05) is 17.6 Å². The lowest BCUT2D eigenvalue weighted by Crippen LogP contribution is -2.41. The molecule has 3 rings (SSSR count). The topological polar surface area (TPSA) is 32.3 Å².